The van der Waals surface area contributed by atoms with Crippen LogP contribution >= 0.6 is 0 Å². The number of hydrogen-bond donors (Lipinski definition) is 3. The molecule has 162 valence electrons. The molecule has 0 aromatic carbocycles. The summed E-state index contributed by atoms with van der Waals surface area (Å²) in [5.74, 6) is -5.05. The summed E-state index contributed by atoms with van der Waals surface area (Å²) in [7, 11) is 0. The third-order valence-electron chi connectivity index (χ3n) is 9.14. The zero-order valence-electron chi connectivity index (χ0n) is 17.1. The van der Waals surface area contributed by atoms with Crippen LogP contribution in [-0.4, -0.2) is 62.6 Å². The van der Waals surface area contributed by atoms with Crippen LogP contribution in [0.2, 0.25) is 0 Å². The summed E-state index contributed by atoms with van der Waals surface area (Å²) in [6.45, 7) is 9.28. The van der Waals surface area contributed by atoms with E-state index in [9.17, 15) is 24.9 Å². The Morgan fingerprint density at radius 2 is 1.97 bits per heavy atom. The van der Waals surface area contributed by atoms with Gasteiger partial charge in [-0.25, -0.2) is 0 Å². The molecule has 2 aliphatic heterocycles. The highest BCUT2D eigenvalue weighted by atomic mass is 16.8. The van der Waals surface area contributed by atoms with Crippen molar-refractivity contribution in [2.75, 3.05) is 0 Å². The number of carboxylic acids is 1. The van der Waals surface area contributed by atoms with E-state index in [2.05, 4.69) is 6.58 Å². The fourth-order valence-electron chi connectivity index (χ4n) is 8.20. The van der Waals surface area contributed by atoms with Gasteiger partial charge in [0.1, 0.15) is 16.6 Å². The number of ether oxygens (including phenoxy) is 3. The minimum Gasteiger partial charge on any atom is -0.481 e. The molecule has 8 nitrogen and oxygen atoms in total. The quantitative estimate of drug-likeness (QED) is 0.422. The topological polar surface area (TPSA) is 123 Å². The van der Waals surface area contributed by atoms with E-state index in [1.807, 2.05) is 0 Å². The molecule has 3 N–H and O–H groups in total. The molecule has 0 unspecified atom stereocenters. The van der Waals surface area contributed by atoms with E-state index in [1.165, 1.54) is 6.08 Å². The smallest absolute Gasteiger partial charge is 0.316 e. The van der Waals surface area contributed by atoms with Crippen LogP contribution in [0.15, 0.2) is 24.3 Å². The molecule has 0 aromatic heterocycles. The van der Waals surface area contributed by atoms with Crippen molar-refractivity contribution in [3.63, 3.8) is 0 Å². The first-order valence-corrected chi connectivity index (χ1v) is 10.5. The molecule has 2 spiro atoms. The molecule has 6 rings (SSSR count). The minimum absolute atomic E-state index is 0.228. The average molecular weight is 418 g/mol. The number of carbonyl (C=O) groups is 2. The Hall–Kier alpha value is -1.74. The third kappa shape index (κ3) is 1.60. The van der Waals surface area contributed by atoms with Crippen LogP contribution in [0.5, 0.6) is 0 Å². The molecule has 0 radical (unpaired) electrons. The minimum atomic E-state index is -1.41. The van der Waals surface area contributed by atoms with Crippen molar-refractivity contribution < 1.29 is 39.1 Å². The summed E-state index contributed by atoms with van der Waals surface area (Å²) in [6, 6.07) is 0. The van der Waals surface area contributed by atoms with E-state index >= 15 is 0 Å². The fourth-order valence-corrected chi connectivity index (χ4v) is 8.20. The standard InChI is InChI=1S/C22H26O8/c1-9-15(24)20-8-22(9)12(28-18(2,3)30-22)7-10(20)21-6-5-11(23)19(4,17(27)29-21)14(21)13(20)16(25)26/h5-6,10-15,23-24H,1,7-8H2,2-4H3,(H,25,26)/t10-,11+,12+,13-,14-,15+,19-,20-,21-,22+/m1/s1. The number of carboxylic acid groups (broad SMARTS) is 1. The van der Waals surface area contributed by atoms with Gasteiger partial charge in [0.15, 0.2) is 5.79 Å². The molecular formula is C22H26O8. The van der Waals surface area contributed by atoms with Crippen LogP contribution in [-0.2, 0) is 23.8 Å². The molecule has 5 fully saturated rings. The van der Waals surface area contributed by atoms with Crippen LogP contribution in [0.25, 0.3) is 0 Å². The Balaban J connectivity index is 1.63. The summed E-state index contributed by atoms with van der Waals surface area (Å²) in [6.07, 6.45) is 1.03. The molecule has 30 heavy (non-hydrogen) atoms. The summed E-state index contributed by atoms with van der Waals surface area (Å²) < 4.78 is 18.4. The number of carbonyl (C=O) groups excluding carboxylic acids is 1. The maximum atomic E-state index is 13.0. The first kappa shape index (κ1) is 19.0. The van der Waals surface area contributed by atoms with Crippen LogP contribution in [0.1, 0.15) is 33.6 Å². The second-order valence-corrected chi connectivity index (χ2v) is 10.6. The molecule has 2 saturated heterocycles. The van der Waals surface area contributed by atoms with Crippen molar-refractivity contribution in [3.05, 3.63) is 24.3 Å². The Bertz CT molecular complexity index is 955. The Morgan fingerprint density at radius 1 is 1.27 bits per heavy atom. The molecule has 0 amide bonds. The van der Waals surface area contributed by atoms with E-state index in [4.69, 9.17) is 14.2 Å². The Kier molecular flexibility index (Phi) is 3.07. The first-order valence-electron chi connectivity index (χ1n) is 10.5. The van der Waals surface area contributed by atoms with Crippen molar-refractivity contribution in [3.8, 4) is 0 Å². The Labute approximate surface area is 173 Å². The zero-order chi connectivity index (χ0) is 21.6. The lowest BCUT2D eigenvalue weighted by molar-refractivity contribution is -0.169. The maximum Gasteiger partial charge on any atom is 0.316 e. The van der Waals surface area contributed by atoms with Crippen molar-refractivity contribution in [1.29, 1.82) is 0 Å². The number of esters is 1. The second kappa shape index (κ2) is 4.85. The van der Waals surface area contributed by atoms with Gasteiger partial charge in [-0.2, -0.15) is 0 Å². The maximum absolute atomic E-state index is 13.0. The van der Waals surface area contributed by atoms with Gasteiger partial charge in [0, 0.05) is 17.3 Å². The van der Waals surface area contributed by atoms with E-state index in [0.29, 0.717) is 12.0 Å². The van der Waals surface area contributed by atoms with Gasteiger partial charge < -0.3 is 29.5 Å². The lowest BCUT2D eigenvalue weighted by Crippen LogP contribution is -2.53. The van der Waals surface area contributed by atoms with Gasteiger partial charge in [0.25, 0.3) is 0 Å². The van der Waals surface area contributed by atoms with E-state index in [0.717, 1.165) is 0 Å². The predicted molar refractivity (Wildman–Crippen MR) is 99.8 cm³/mol. The first-order chi connectivity index (χ1) is 13.9. The SMILES string of the molecule is C=C1[C@H](O)[C@]23C[C@]14OC(C)(C)O[C@H]4C[C@H]2[C@@]12C=C[C@H](O)[C@@](C)(C(=O)O1)[C@H]2[C@@H]3C(=O)O. The third-order valence-corrected chi connectivity index (χ3v) is 9.14. The summed E-state index contributed by atoms with van der Waals surface area (Å²) in [5, 5.41) is 32.6. The van der Waals surface area contributed by atoms with Crippen molar-refractivity contribution >= 4 is 11.9 Å². The number of rotatable bonds is 1. The molecule has 8 heteroatoms. The van der Waals surface area contributed by atoms with E-state index in [1.54, 1.807) is 26.8 Å². The van der Waals surface area contributed by atoms with Gasteiger partial charge in [0.2, 0.25) is 0 Å². The number of aliphatic carboxylic acids is 1. The van der Waals surface area contributed by atoms with Gasteiger partial charge in [0.05, 0.1) is 24.2 Å². The molecule has 4 aliphatic carbocycles. The highest BCUT2D eigenvalue weighted by Crippen LogP contribution is 2.79. The Morgan fingerprint density at radius 3 is 2.63 bits per heavy atom. The molecule has 10 atom stereocenters. The fraction of sp³-hybridized carbons (Fsp3) is 0.727. The molecule has 0 aromatic rings. The lowest BCUT2D eigenvalue weighted by atomic mass is 9.60. The van der Waals surface area contributed by atoms with Crippen LogP contribution < -0.4 is 0 Å². The molecule has 4 bridgehead atoms. The largest absolute Gasteiger partial charge is 0.481 e. The van der Waals surface area contributed by atoms with Crippen molar-refractivity contribution in [1.82, 2.24) is 0 Å². The number of hydrogen-bond acceptors (Lipinski definition) is 7. The highest BCUT2D eigenvalue weighted by molar-refractivity contribution is 5.86. The molecule has 2 heterocycles. The zero-order valence-corrected chi connectivity index (χ0v) is 17.1. The van der Waals surface area contributed by atoms with Crippen LogP contribution in [0, 0.1) is 28.6 Å². The van der Waals surface area contributed by atoms with Gasteiger partial charge in [-0.05, 0) is 45.3 Å². The van der Waals surface area contributed by atoms with Gasteiger partial charge >= 0.3 is 11.9 Å². The van der Waals surface area contributed by atoms with Crippen molar-refractivity contribution in [2.24, 2.45) is 28.6 Å². The van der Waals surface area contributed by atoms with Gasteiger partial charge in [-0.3, -0.25) is 9.59 Å². The second-order valence-electron chi connectivity index (χ2n) is 10.6. The average Bonchev–Trinajstić information content (AvgIpc) is 3.19. The van der Waals surface area contributed by atoms with E-state index < -0.39 is 75.8 Å². The van der Waals surface area contributed by atoms with Crippen LogP contribution in [0.3, 0.4) is 0 Å². The number of aliphatic hydroxyl groups excluding tert-OH is 2. The molecule has 3 saturated carbocycles. The van der Waals surface area contributed by atoms with Crippen molar-refractivity contribution in [2.45, 2.75) is 68.9 Å². The normalized spacial score (nSPS) is 59.0. The van der Waals surface area contributed by atoms with Crippen LogP contribution in [0.4, 0.5) is 0 Å². The monoisotopic (exact) mass is 418 g/mol. The predicted octanol–water partition coefficient (Wildman–Crippen LogP) is 0.767. The molecule has 6 aliphatic rings. The lowest BCUT2D eigenvalue weighted by Gasteiger charge is -2.46. The summed E-state index contributed by atoms with van der Waals surface area (Å²) in [5.41, 5.74) is -4.31. The summed E-state index contributed by atoms with van der Waals surface area (Å²) in [4.78, 5) is 25.7. The summed E-state index contributed by atoms with van der Waals surface area (Å²) >= 11 is 0. The van der Waals surface area contributed by atoms with Gasteiger partial charge in [-0.1, -0.05) is 12.7 Å². The molecular weight excluding hydrogens is 392 g/mol. The van der Waals surface area contributed by atoms with Gasteiger partial charge in [-0.15, -0.1) is 0 Å². The van der Waals surface area contributed by atoms with E-state index in [-0.39, 0.29) is 6.42 Å². The highest BCUT2D eigenvalue weighted by Gasteiger charge is 2.87. The number of aliphatic hydroxyl groups is 2.